The van der Waals surface area contributed by atoms with Gasteiger partial charge in [0.05, 0.1) is 5.60 Å². The molecule has 5 heteroatoms. The molecule has 0 aromatic heterocycles. The van der Waals surface area contributed by atoms with Crippen molar-refractivity contribution in [2.24, 2.45) is 5.84 Å². The largest absolute Gasteiger partial charge is 0.379 e. The van der Waals surface area contributed by atoms with Crippen LogP contribution >= 0.6 is 15.9 Å². The Labute approximate surface area is 116 Å². The molecule has 0 heterocycles. The molecule has 0 aliphatic carbocycles. The maximum absolute atomic E-state index is 13.7. The van der Waals surface area contributed by atoms with Gasteiger partial charge in [0.1, 0.15) is 5.82 Å². The summed E-state index contributed by atoms with van der Waals surface area (Å²) >= 11 is 3.24. The van der Waals surface area contributed by atoms with E-state index in [1.807, 2.05) is 19.9 Å². The van der Waals surface area contributed by atoms with E-state index in [9.17, 15) is 4.39 Å². The van der Waals surface area contributed by atoms with Crippen molar-refractivity contribution >= 4 is 15.9 Å². The Morgan fingerprint density at radius 3 is 2.67 bits per heavy atom. The summed E-state index contributed by atoms with van der Waals surface area (Å²) in [4.78, 5) is 0. The van der Waals surface area contributed by atoms with E-state index in [0.29, 0.717) is 18.4 Å². The smallest absolute Gasteiger partial charge is 0.127 e. The van der Waals surface area contributed by atoms with Crippen molar-refractivity contribution in [3.63, 3.8) is 0 Å². The molecule has 0 fully saturated rings. The second-order valence-electron chi connectivity index (χ2n) is 4.97. The molecule has 3 N–H and O–H groups in total. The molecule has 3 nitrogen and oxygen atoms in total. The van der Waals surface area contributed by atoms with E-state index in [1.165, 1.54) is 6.07 Å². The van der Waals surface area contributed by atoms with Gasteiger partial charge in [-0.3, -0.25) is 11.3 Å². The van der Waals surface area contributed by atoms with Crippen molar-refractivity contribution < 1.29 is 9.13 Å². The highest BCUT2D eigenvalue weighted by molar-refractivity contribution is 9.10. The maximum Gasteiger partial charge on any atom is 0.127 e. The fraction of sp³-hybridized carbons (Fsp3) is 0.538. The zero-order chi connectivity index (χ0) is 13.8. The molecule has 0 saturated heterocycles. The first-order chi connectivity index (χ1) is 8.38. The normalized spacial score (nSPS) is 13.7. The number of hydrazine groups is 1. The van der Waals surface area contributed by atoms with Gasteiger partial charge in [0.2, 0.25) is 0 Å². The summed E-state index contributed by atoms with van der Waals surface area (Å²) in [6.07, 6.45) is 1.23. The van der Waals surface area contributed by atoms with E-state index in [0.717, 1.165) is 4.47 Å². The minimum Gasteiger partial charge on any atom is -0.379 e. The molecule has 0 bridgehead atoms. The number of nitrogens with two attached hydrogens (primary N) is 1. The van der Waals surface area contributed by atoms with E-state index in [2.05, 4.69) is 21.4 Å². The Hall–Kier alpha value is -0.490. The predicted molar refractivity (Wildman–Crippen MR) is 74.6 cm³/mol. The van der Waals surface area contributed by atoms with E-state index in [-0.39, 0.29) is 17.5 Å². The van der Waals surface area contributed by atoms with E-state index in [4.69, 9.17) is 10.6 Å². The van der Waals surface area contributed by atoms with Crippen LogP contribution in [0.4, 0.5) is 4.39 Å². The second kappa shape index (κ2) is 6.61. The molecule has 18 heavy (non-hydrogen) atoms. The van der Waals surface area contributed by atoms with Crippen LogP contribution in [0.1, 0.15) is 25.8 Å². The summed E-state index contributed by atoms with van der Waals surface area (Å²) < 4.78 is 19.8. The maximum atomic E-state index is 13.7. The molecule has 1 rings (SSSR count). The molecule has 0 spiro atoms. The number of hydrogen-bond acceptors (Lipinski definition) is 3. The van der Waals surface area contributed by atoms with Crippen LogP contribution in [0.2, 0.25) is 0 Å². The van der Waals surface area contributed by atoms with E-state index < -0.39 is 0 Å². The van der Waals surface area contributed by atoms with Crippen molar-refractivity contribution in [2.75, 3.05) is 7.11 Å². The van der Waals surface area contributed by atoms with E-state index in [1.54, 1.807) is 13.2 Å². The molecule has 0 radical (unpaired) electrons. The second-order valence-corrected chi connectivity index (χ2v) is 5.89. The van der Waals surface area contributed by atoms with Gasteiger partial charge in [0.25, 0.3) is 0 Å². The van der Waals surface area contributed by atoms with Gasteiger partial charge in [0.15, 0.2) is 0 Å². The first-order valence-corrected chi connectivity index (χ1v) is 6.62. The highest BCUT2D eigenvalue weighted by Gasteiger charge is 2.23. The first kappa shape index (κ1) is 15.6. The average Bonchev–Trinajstić information content (AvgIpc) is 2.31. The summed E-state index contributed by atoms with van der Waals surface area (Å²) in [6.45, 7) is 3.96. The molecule has 1 unspecified atom stereocenters. The van der Waals surface area contributed by atoms with Crippen LogP contribution in [0.15, 0.2) is 22.7 Å². The van der Waals surface area contributed by atoms with Crippen LogP contribution in [-0.2, 0) is 11.2 Å². The zero-order valence-electron chi connectivity index (χ0n) is 11.0. The number of rotatable bonds is 6. The summed E-state index contributed by atoms with van der Waals surface area (Å²) in [5.41, 5.74) is 3.08. The summed E-state index contributed by atoms with van der Waals surface area (Å²) in [5.74, 6) is 5.30. The Morgan fingerprint density at radius 1 is 1.50 bits per heavy atom. The van der Waals surface area contributed by atoms with Gasteiger partial charge in [-0.1, -0.05) is 22.0 Å². The van der Waals surface area contributed by atoms with Crippen molar-refractivity contribution in [1.29, 1.82) is 0 Å². The third-order valence-corrected chi connectivity index (χ3v) is 3.50. The molecule has 1 aromatic carbocycles. The van der Waals surface area contributed by atoms with Gasteiger partial charge in [-0.2, -0.15) is 0 Å². The highest BCUT2D eigenvalue weighted by atomic mass is 79.9. The van der Waals surface area contributed by atoms with Gasteiger partial charge in [0, 0.05) is 17.6 Å². The van der Waals surface area contributed by atoms with Crippen molar-refractivity contribution in [1.82, 2.24) is 5.43 Å². The number of ether oxygens (including phenoxy) is 1. The van der Waals surface area contributed by atoms with Gasteiger partial charge in [-0.15, -0.1) is 0 Å². The quantitative estimate of drug-likeness (QED) is 0.626. The minimum atomic E-state index is -0.289. The lowest BCUT2D eigenvalue weighted by Crippen LogP contribution is -2.42. The third-order valence-electron chi connectivity index (χ3n) is 3.01. The van der Waals surface area contributed by atoms with Crippen LogP contribution in [0.25, 0.3) is 0 Å². The first-order valence-electron chi connectivity index (χ1n) is 5.83. The van der Waals surface area contributed by atoms with Gasteiger partial charge < -0.3 is 4.74 Å². The Morgan fingerprint density at radius 2 is 2.17 bits per heavy atom. The lowest BCUT2D eigenvalue weighted by molar-refractivity contribution is 0.00704. The van der Waals surface area contributed by atoms with E-state index >= 15 is 0 Å². The number of methoxy groups -OCH3 is 1. The number of nitrogens with one attached hydrogen (secondary N) is 1. The SMILES string of the molecule is COC(C)(C)CC(Cc1ccc(Br)cc1F)NN. The molecular weight excluding hydrogens is 299 g/mol. The Kier molecular flexibility index (Phi) is 5.72. The molecular formula is C13H20BrFN2O. The number of benzene rings is 1. The van der Waals surface area contributed by atoms with Crippen LogP contribution in [0.5, 0.6) is 0 Å². The molecule has 0 amide bonds. The fourth-order valence-electron chi connectivity index (χ4n) is 1.82. The van der Waals surface area contributed by atoms with Crippen molar-refractivity contribution in [2.45, 2.75) is 38.3 Å². The van der Waals surface area contributed by atoms with Crippen LogP contribution in [0.3, 0.4) is 0 Å². The van der Waals surface area contributed by atoms with Crippen LogP contribution in [-0.4, -0.2) is 18.8 Å². The van der Waals surface area contributed by atoms with Crippen molar-refractivity contribution in [3.05, 3.63) is 34.1 Å². The number of hydrogen-bond donors (Lipinski definition) is 2. The predicted octanol–water partition coefficient (Wildman–Crippen LogP) is 2.78. The van der Waals surface area contributed by atoms with Gasteiger partial charge in [-0.05, 0) is 44.4 Å². The Bertz CT molecular complexity index is 399. The molecule has 102 valence electrons. The fourth-order valence-corrected chi connectivity index (χ4v) is 2.15. The molecule has 0 saturated carbocycles. The minimum absolute atomic E-state index is 0.0318. The van der Waals surface area contributed by atoms with Gasteiger partial charge in [-0.25, -0.2) is 4.39 Å². The summed E-state index contributed by atoms with van der Waals surface area (Å²) in [5, 5.41) is 0. The number of halogens is 2. The standard InChI is InChI=1S/C13H20BrFN2O/c1-13(2,18-3)8-11(17-16)6-9-4-5-10(14)7-12(9)15/h4-5,7,11,17H,6,8,16H2,1-3H3. The summed E-state index contributed by atoms with van der Waals surface area (Å²) in [7, 11) is 1.66. The highest BCUT2D eigenvalue weighted by Crippen LogP contribution is 2.21. The van der Waals surface area contributed by atoms with Crippen LogP contribution in [0, 0.1) is 5.82 Å². The monoisotopic (exact) mass is 318 g/mol. The molecule has 0 aliphatic heterocycles. The molecule has 0 aliphatic rings. The van der Waals surface area contributed by atoms with Crippen LogP contribution < -0.4 is 11.3 Å². The zero-order valence-corrected chi connectivity index (χ0v) is 12.6. The van der Waals surface area contributed by atoms with Crippen molar-refractivity contribution in [3.8, 4) is 0 Å². The topological polar surface area (TPSA) is 47.3 Å². The summed E-state index contributed by atoms with van der Waals surface area (Å²) in [6, 6.07) is 5.03. The average molecular weight is 319 g/mol. The molecule has 1 aromatic rings. The Balaban J connectivity index is 2.74. The lowest BCUT2D eigenvalue weighted by atomic mass is 9.94. The van der Waals surface area contributed by atoms with Gasteiger partial charge >= 0.3 is 0 Å². The lowest BCUT2D eigenvalue weighted by Gasteiger charge is -2.28. The molecule has 1 atom stereocenters. The third kappa shape index (κ3) is 4.65.